The van der Waals surface area contributed by atoms with E-state index in [1.807, 2.05) is 35.2 Å². The molecule has 3 aromatic rings. The molecule has 0 bridgehead atoms. The van der Waals surface area contributed by atoms with E-state index in [2.05, 4.69) is 10.6 Å². The fourth-order valence-corrected chi connectivity index (χ4v) is 5.32. The Labute approximate surface area is 253 Å². The number of carbonyl (C=O) groups is 3. The van der Waals surface area contributed by atoms with Crippen molar-refractivity contribution in [2.75, 3.05) is 32.6 Å². The lowest BCUT2D eigenvalue weighted by molar-refractivity contribution is -0.176. The Bertz CT molecular complexity index is 1430. The maximum absolute atomic E-state index is 13.7. The van der Waals surface area contributed by atoms with Gasteiger partial charge in [0.1, 0.15) is 30.6 Å². The molecule has 228 valence electrons. The number of rotatable bonds is 11. The first-order chi connectivity index (χ1) is 20.7. The zero-order valence-corrected chi connectivity index (χ0v) is 24.5. The van der Waals surface area contributed by atoms with Gasteiger partial charge in [-0.05, 0) is 29.3 Å². The first-order valence-electron chi connectivity index (χ1n) is 13.6. The monoisotopic (exact) mass is 613 g/mol. The van der Waals surface area contributed by atoms with Crippen LogP contribution in [0.15, 0.2) is 66.7 Å². The van der Waals surface area contributed by atoms with Gasteiger partial charge in [0.25, 0.3) is 5.91 Å². The summed E-state index contributed by atoms with van der Waals surface area (Å²) < 4.78 is 30.1. The number of aliphatic hydroxyl groups is 1. The summed E-state index contributed by atoms with van der Waals surface area (Å²) in [6.07, 6.45) is -0.873. The van der Waals surface area contributed by atoms with Crippen LogP contribution in [0.3, 0.4) is 0 Å². The van der Waals surface area contributed by atoms with Gasteiger partial charge in [-0.2, -0.15) is 0 Å². The van der Waals surface area contributed by atoms with E-state index in [0.29, 0.717) is 18.7 Å². The number of methoxy groups -OCH3 is 2. The van der Waals surface area contributed by atoms with Gasteiger partial charge in [-0.1, -0.05) is 54.1 Å². The van der Waals surface area contributed by atoms with Gasteiger partial charge in [-0.25, -0.2) is 9.18 Å². The topological polar surface area (TPSA) is 126 Å². The molecule has 0 saturated carbocycles. The Hall–Kier alpha value is -4.03. The van der Waals surface area contributed by atoms with Crippen molar-refractivity contribution in [1.82, 2.24) is 10.2 Å². The minimum absolute atomic E-state index is 0.0287. The number of aldehydes is 1. The van der Waals surface area contributed by atoms with Crippen LogP contribution in [0.4, 0.5) is 14.9 Å². The number of hydrogen-bond donors (Lipinski definition) is 3. The number of piperidine rings is 1. The Kier molecular flexibility index (Phi) is 10.7. The largest absolute Gasteiger partial charge is 0.496 e. The molecule has 1 aliphatic heterocycles. The normalized spacial score (nSPS) is 20.2. The maximum Gasteiger partial charge on any atom is 0.412 e. The fraction of sp³-hybridized carbons (Fsp3) is 0.323. The highest BCUT2D eigenvalue weighted by atomic mass is 35.5. The molecule has 0 aromatic heterocycles. The molecule has 1 fully saturated rings. The molecule has 1 aliphatic rings. The maximum atomic E-state index is 13.7. The summed E-state index contributed by atoms with van der Waals surface area (Å²) in [5.74, 6) is -0.997. The third-order valence-corrected chi connectivity index (χ3v) is 7.67. The van der Waals surface area contributed by atoms with Gasteiger partial charge in [0, 0.05) is 39.1 Å². The molecule has 1 heterocycles. The van der Waals surface area contributed by atoms with Crippen LogP contribution in [0.2, 0.25) is 5.02 Å². The Morgan fingerprint density at radius 2 is 1.86 bits per heavy atom. The first-order valence-corrected chi connectivity index (χ1v) is 13.9. The molecule has 0 spiro atoms. The van der Waals surface area contributed by atoms with E-state index in [9.17, 15) is 23.9 Å². The summed E-state index contributed by atoms with van der Waals surface area (Å²) in [5, 5.41) is 17.0. The van der Waals surface area contributed by atoms with E-state index in [0.717, 1.165) is 11.8 Å². The summed E-state index contributed by atoms with van der Waals surface area (Å²) in [6, 6.07) is 16.8. The van der Waals surface area contributed by atoms with Crippen molar-refractivity contribution in [2.24, 2.45) is 0 Å². The number of amides is 2. The van der Waals surface area contributed by atoms with Crippen LogP contribution >= 0.6 is 11.6 Å². The van der Waals surface area contributed by atoms with Crippen molar-refractivity contribution in [1.29, 1.82) is 0 Å². The van der Waals surface area contributed by atoms with Crippen molar-refractivity contribution in [3.8, 4) is 5.75 Å². The number of aliphatic hydroxyl groups excluding tert-OH is 1. The number of ether oxygens (including phenoxy) is 3. The smallest absolute Gasteiger partial charge is 0.412 e. The standard InChI is InChI=1S/C31H33ClFN3O7/c1-41-26-18-25(34-30(40)43-19-20-7-4-3-5-8-20)24(32)17-23(26)29(39)35-31(42-2)13-15-36(14-6-16-37)27(28(31)38)21-9-11-22(33)12-10-21/h3-5,7-12,16-18,27-28,38H,6,13-15,19H2,1-2H3,(H,34,40)(H,35,39). The average molecular weight is 614 g/mol. The number of anilines is 1. The number of likely N-dealkylation sites (tertiary alicyclic amines) is 1. The zero-order chi connectivity index (χ0) is 31.0. The van der Waals surface area contributed by atoms with Crippen molar-refractivity contribution in [3.05, 3.63) is 94.3 Å². The lowest BCUT2D eigenvalue weighted by atomic mass is 9.85. The molecule has 43 heavy (non-hydrogen) atoms. The zero-order valence-electron chi connectivity index (χ0n) is 23.7. The van der Waals surface area contributed by atoms with Crippen LogP contribution in [0, 0.1) is 5.82 Å². The van der Waals surface area contributed by atoms with Gasteiger partial charge in [-0.15, -0.1) is 0 Å². The first kappa shape index (κ1) is 31.9. The van der Waals surface area contributed by atoms with E-state index in [4.69, 9.17) is 25.8 Å². The molecule has 2 amide bonds. The molecule has 12 heteroatoms. The molecule has 3 N–H and O–H groups in total. The predicted octanol–water partition coefficient (Wildman–Crippen LogP) is 4.71. The second-order valence-electron chi connectivity index (χ2n) is 9.95. The highest BCUT2D eigenvalue weighted by Crippen LogP contribution is 2.39. The summed E-state index contributed by atoms with van der Waals surface area (Å²) >= 11 is 6.43. The van der Waals surface area contributed by atoms with Crippen LogP contribution in [-0.4, -0.2) is 67.4 Å². The van der Waals surface area contributed by atoms with Crippen LogP contribution in [0.5, 0.6) is 5.75 Å². The van der Waals surface area contributed by atoms with E-state index in [-0.39, 0.29) is 41.5 Å². The van der Waals surface area contributed by atoms with E-state index in [1.165, 1.54) is 38.5 Å². The highest BCUT2D eigenvalue weighted by molar-refractivity contribution is 6.34. The predicted molar refractivity (Wildman–Crippen MR) is 157 cm³/mol. The Morgan fingerprint density at radius 1 is 1.14 bits per heavy atom. The molecule has 3 unspecified atom stereocenters. The number of carbonyl (C=O) groups excluding carboxylic acids is 3. The molecular weight excluding hydrogens is 581 g/mol. The lowest BCUT2D eigenvalue weighted by Crippen LogP contribution is -2.66. The third kappa shape index (κ3) is 7.49. The number of nitrogens with zero attached hydrogens (tertiary/aromatic N) is 1. The number of hydrogen-bond acceptors (Lipinski definition) is 8. The SMILES string of the molecule is COc1cc(NC(=O)OCc2ccccc2)c(Cl)cc1C(=O)NC1(OC)CCN(CCC=O)C(c2ccc(F)cc2)C1O. The molecule has 1 saturated heterocycles. The fourth-order valence-electron chi connectivity index (χ4n) is 5.11. The van der Waals surface area contributed by atoms with Gasteiger partial charge in [0.15, 0.2) is 5.72 Å². The van der Waals surface area contributed by atoms with Crippen LogP contribution < -0.4 is 15.4 Å². The van der Waals surface area contributed by atoms with E-state index < -0.39 is 35.7 Å². The second-order valence-corrected chi connectivity index (χ2v) is 10.4. The Morgan fingerprint density at radius 3 is 2.51 bits per heavy atom. The van der Waals surface area contributed by atoms with Crippen LogP contribution in [0.1, 0.15) is 40.4 Å². The van der Waals surface area contributed by atoms with Crippen molar-refractivity contribution >= 4 is 35.6 Å². The molecule has 0 radical (unpaired) electrons. The molecule has 10 nitrogen and oxygen atoms in total. The van der Waals surface area contributed by atoms with E-state index in [1.54, 1.807) is 12.1 Å². The average Bonchev–Trinajstić information content (AvgIpc) is 3.02. The third-order valence-electron chi connectivity index (χ3n) is 7.36. The molecule has 4 rings (SSSR count). The number of benzene rings is 3. The number of nitrogens with one attached hydrogen (secondary N) is 2. The van der Waals surface area contributed by atoms with Gasteiger partial charge < -0.3 is 29.4 Å². The minimum Gasteiger partial charge on any atom is -0.496 e. The van der Waals surface area contributed by atoms with Gasteiger partial charge in [0.2, 0.25) is 0 Å². The van der Waals surface area contributed by atoms with E-state index >= 15 is 0 Å². The number of halogens is 2. The highest BCUT2D eigenvalue weighted by Gasteiger charge is 2.50. The molecular formula is C31H33ClFN3O7. The summed E-state index contributed by atoms with van der Waals surface area (Å²) in [6.45, 7) is 0.754. The van der Waals surface area contributed by atoms with Gasteiger partial charge >= 0.3 is 6.09 Å². The Balaban J connectivity index is 1.54. The van der Waals surface area contributed by atoms with Crippen molar-refractivity contribution in [3.63, 3.8) is 0 Å². The second kappa shape index (κ2) is 14.4. The molecule has 0 aliphatic carbocycles. The van der Waals surface area contributed by atoms with Gasteiger partial charge in [0.05, 0.1) is 29.4 Å². The van der Waals surface area contributed by atoms with Crippen molar-refractivity contribution < 1.29 is 38.1 Å². The van der Waals surface area contributed by atoms with Crippen LogP contribution in [-0.2, 0) is 20.9 Å². The summed E-state index contributed by atoms with van der Waals surface area (Å²) in [4.78, 5) is 39.0. The van der Waals surface area contributed by atoms with Crippen LogP contribution in [0.25, 0.3) is 0 Å². The molecule has 3 aromatic carbocycles. The molecule has 3 atom stereocenters. The van der Waals surface area contributed by atoms with Gasteiger partial charge in [-0.3, -0.25) is 15.0 Å². The minimum atomic E-state index is -1.55. The van der Waals surface area contributed by atoms with Crippen molar-refractivity contribution in [2.45, 2.75) is 37.3 Å². The summed E-state index contributed by atoms with van der Waals surface area (Å²) in [7, 11) is 2.72. The quantitative estimate of drug-likeness (QED) is 0.210. The lowest BCUT2D eigenvalue weighted by Gasteiger charge is -2.49. The summed E-state index contributed by atoms with van der Waals surface area (Å²) in [5.41, 5.74) is 0.0310.